The molecule has 1 saturated carbocycles. The van der Waals surface area contributed by atoms with Crippen LogP contribution in [0.15, 0.2) is 22.6 Å². The summed E-state index contributed by atoms with van der Waals surface area (Å²) < 4.78 is 1.46. The fourth-order valence-corrected chi connectivity index (χ4v) is 4.60. The van der Waals surface area contributed by atoms with E-state index in [1.54, 1.807) is 6.20 Å². The Morgan fingerprint density at radius 3 is 2.91 bits per heavy atom. The van der Waals surface area contributed by atoms with Crippen LogP contribution in [0, 0.1) is 11.8 Å². The zero-order valence-corrected chi connectivity index (χ0v) is 13.2. The lowest BCUT2D eigenvalue weighted by molar-refractivity contribution is 0.0518. The van der Waals surface area contributed by atoms with Crippen LogP contribution >= 0.6 is 11.3 Å². The number of carbonyl (C=O) groups excluding carboxylic acids is 1. The lowest BCUT2D eigenvalue weighted by Gasteiger charge is -2.41. The molecule has 0 unspecified atom stereocenters. The maximum atomic E-state index is 12.7. The maximum absolute atomic E-state index is 12.7. The second-order valence-electron chi connectivity index (χ2n) is 6.38. The zero-order chi connectivity index (χ0) is 15.1. The molecule has 2 aromatic rings. The summed E-state index contributed by atoms with van der Waals surface area (Å²) in [6, 6.07) is 0. The van der Waals surface area contributed by atoms with Gasteiger partial charge in [0.15, 0.2) is 4.96 Å². The first-order valence-electron chi connectivity index (χ1n) is 7.98. The Kier molecular flexibility index (Phi) is 3.48. The normalized spacial score (nSPS) is 25.2. The Hall–Kier alpha value is -1.69. The minimum Gasteiger partial charge on any atom is -0.338 e. The lowest BCUT2D eigenvalue weighted by atomic mass is 9.75. The Morgan fingerprint density at radius 1 is 1.23 bits per heavy atom. The second kappa shape index (κ2) is 5.50. The van der Waals surface area contributed by atoms with Crippen molar-refractivity contribution in [2.24, 2.45) is 11.8 Å². The molecule has 6 heteroatoms. The summed E-state index contributed by atoms with van der Waals surface area (Å²) in [5.74, 6) is 1.24. The van der Waals surface area contributed by atoms with Crippen molar-refractivity contribution in [2.75, 3.05) is 13.1 Å². The van der Waals surface area contributed by atoms with Crippen LogP contribution in [0.1, 0.15) is 42.5 Å². The number of rotatable bonds is 1. The van der Waals surface area contributed by atoms with Crippen molar-refractivity contribution in [1.29, 1.82) is 0 Å². The topological polar surface area (TPSA) is 54.7 Å². The van der Waals surface area contributed by atoms with E-state index in [-0.39, 0.29) is 17.0 Å². The van der Waals surface area contributed by atoms with Crippen molar-refractivity contribution in [2.45, 2.75) is 32.1 Å². The quantitative estimate of drug-likeness (QED) is 0.811. The molecule has 5 nitrogen and oxygen atoms in total. The first-order valence-corrected chi connectivity index (χ1v) is 8.86. The minimum absolute atomic E-state index is 0.151. The van der Waals surface area contributed by atoms with E-state index in [2.05, 4.69) is 4.98 Å². The zero-order valence-electron chi connectivity index (χ0n) is 12.4. The van der Waals surface area contributed by atoms with Crippen LogP contribution in [0.4, 0.5) is 0 Å². The average Bonchev–Trinajstić information content (AvgIpc) is 3.04. The van der Waals surface area contributed by atoms with Crippen molar-refractivity contribution in [3.63, 3.8) is 0 Å². The highest BCUT2D eigenvalue weighted by molar-refractivity contribution is 7.15. The van der Waals surface area contributed by atoms with E-state index in [4.69, 9.17) is 0 Å². The molecule has 3 heterocycles. The number of amides is 1. The van der Waals surface area contributed by atoms with Crippen LogP contribution in [0.5, 0.6) is 0 Å². The van der Waals surface area contributed by atoms with Crippen LogP contribution in [0.2, 0.25) is 0 Å². The Labute approximate surface area is 132 Å². The molecule has 1 amide bonds. The number of carbonyl (C=O) groups is 1. The summed E-state index contributed by atoms with van der Waals surface area (Å²) in [6.07, 6.45) is 9.32. The molecule has 1 aliphatic carbocycles. The summed E-state index contributed by atoms with van der Waals surface area (Å²) in [7, 11) is 0. The van der Waals surface area contributed by atoms with Crippen LogP contribution in [0.25, 0.3) is 4.96 Å². The largest absolute Gasteiger partial charge is 0.338 e. The molecule has 116 valence electrons. The Morgan fingerprint density at radius 2 is 2.05 bits per heavy atom. The number of thiazole rings is 1. The average molecular weight is 317 g/mol. The van der Waals surface area contributed by atoms with E-state index in [1.165, 1.54) is 47.6 Å². The van der Waals surface area contributed by atoms with Gasteiger partial charge in [-0.3, -0.25) is 14.0 Å². The van der Waals surface area contributed by atoms with E-state index >= 15 is 0 Å². The van der Waals surface area contributed by atoms with Gasteiger partial charge in [0.25, 0.3) is 11.5 Å². The van der Waals surface area contributed by atoms with Crippen LogP contribution in [-0.4, -0.2) is 33.3 Å². The molecule has 0 radical (unpaired) electrons. The van der Waals surface area contributed by atoms with Crippen molar-refractivity contribution >= 4 is 22.2 Å². The van der Waals surface area contributed by atoms with E-state index in [1.807, 2.05) is 10.3 Å². The molecule has 0 N–H and O–H groups in total. The van der Waals surface area contributed by atoms with Gasteiger partial charge in [0.05, 0.1) is 0 Å². The van der Waals surface area contributed by atoms with Gasteiger partial charge >= 0.3 is 0 Å². The third kappa shape index (κ3) is 2.26. The Balaban J connectivity index is 1.60. The van der Waals surface area contributed by atoms with E-state index in [0.29, 0.717) is 10.9 Å². The molecule has 0 spiro atoms. The molecule has 4 rings (SSSR count). The van der Waals surface area contributed by atoms with Crippen LogP contribution in [0.3, 0.4) is 0 Å². The minimum atomic E-state index is -0.248. The van der Waals surface area contributed by atoms with E-state index in [9.17, 15) is 9.59 Å². The van der Waals surface area contributed by atoms with Gasteiger partial charge in [-0.1, -0.05) is 19.3 Å². The summed E-state index contributed by atoms with van der Waals surface area (Å²) in [5.41, 5.74) is -0.0489. The van der Waals surface area contributed by atoms with Crippen LogP contribution in [-0.2, 0) is 0 Å². The first kappa shape index (κ1) is 13.9. The molecule has 2 aromatic heterocycles. The molecular formula is C16H19N3O2S. The molecule has 1 aliphatic heterocycles. The van der Waals surface area contributed by atoms with Crippen molar-refractivity contribution in [3.8, 4) is 0 Å². The fourth-order valence-electron chi connectivity index (χ4n) is 3.93. The number of likely N-dealkylation sites (tertiary alicyclic amines) is 1. The number of nitrogens with zero attached hydrogens (tertiary/aromatic N) is 3. The Bertz CT molecular complexity index is 766. The van der Waals surface area contributed by atoms with E-state index < -0.39 is 0 Å². The predicted molar refractivity (Wildman–Crippen MR) is 85.3 cm³/mol. The van der Waals surface area contributed by atoms with Crippen molar-refractivity contribution in [1.82, 2.24) is 14.3 Å². The van der Waals surface area contributed by atoms with Gasteiger partial charge in [-0.25, -0.2) is 4.98 Å². The van der Waals surface area contributed by atoms with Gasteiger partial charge in [-0.2, -0.15) is 0 Å². The highest BCUT2D eigenvalue weighted by Gasteiger charge is 2.34. The second-order valence-corrected chi connectivity index (χ2v) is 7.25. The highest BCUT2D eigenvalue weighted by atomic mass is 32.1. The van der Waals surface area contributed by atoms with Gasteiger partial charge in [-0.05, 0) is 24.7 Å². The summed E-state index contributed by atoms with van der Waals surface area (Å²) in [4.78, 5) is 31.9. The molecule has 0 bridgehead atoms. The summed E-state index contributed by atoms with van der Waals surface area (Å²) >= 11 is 1.40. The number of piperidine rings is 1. The number of fused-ring (bicyclic) bond motifs is 2. The smallest absolute Gasteiger partial charge is 0.271 e. The lowest BCUT2D eigenvalue weighted by Crippen LogP contribution is -2.46. The number of hydrogen-bond acceptors (Lipinski definition) is 4. The highest BCUT2D eigenvalue weighted by Crippen LogP contribution is 2.36. The summed E-state index contributed by atoms with van der Waals surface area (Å²) in [6.45, 7) is 1.57. The van der Waals surface area contributed by atoms with E-state index in [0.717, 1.165) is 25.4 Å². The molecule has 2 atom stereocenters. The molecule has 2 fully saturated rings. The number of hydrogen-bond donors (Lipinski definition) is 0. The van der Waals surface area contributed by atoms with Gasteiger partial charge in [0, 0.05) is 30.9 Å². The summed E-state index contributed by atoms with van der Waals surface area (Å²) in [5, 5.41) is 1.81. The molecule has 2 aliphatic rings. The monoisotopic (exact) mass is 317 g/mol. The van der Waals surface area contributed by atoms with Gasteiger partial charge in [0.2, 0.25) is 0 Å². The maximum Gasteiger partial charge on any atom is 0.271 e. The third-order valence-corrected chi connectivity index (χ3v) is 5.92. The number of aromatic nitrogens is 2. The fraction of sp³-hybridized carbons (Fsp3) is 0.562. The third-order valence-electron chi connectivity index (χ3n) is 5.15. The van der Waals surface area contributed by atoms with Crippen LogP contribution < -0.4 is 5.56 Å². The van der Waals surface area contributed by atoms with Gasteiger partial charge in [-0.15, -0.1) is 11.3 Å². The first-order chi connectivity index (χ1) is 10.7. The van der Waals surface area contributed by atoms with Gasteiger partial charge in [0.1, 0.15) is 5.56 Å². The van der Waals surface area contributed by atoms with Gasteiger partial charge < -0.3 is 4.90 Å². The molecule has 22 heavy (non-hydrogen) atoms. The molecular weight excluding hydrogens is 298 g/mol. The standard InChI is InChI=1S/C16H19N3O2S/c20-14(13-9-17-16-19(15(13)21)7-8-22-16)18-6-5-11-3-1-2-4-12(11)10-18/h7-9,11-12H,1-6,10H2/t11-,12+/m1/s1. The SMILES string of the molecule is O=C(c1cnc2sccn2c1=O)N1CC[C@H]2CCCC[C@H]2C1. The van der Waals surface area contributed by atoms with Crippen molar-refractivity contribution in [3.05, 3.63) is 33.7 Å². The molecule has 1 saturated heterocycles. The molecule has 0 aromatic carbocycles. The predicted octanol–water partition coefficient (Wildman–Crippen LogP) is 2.41. The van der Waals surface area contributed by atoms with Crippen molar-refractivity contribution < 1.29 is 4.79 Å².